The quantitative estimate of drug-likeness (QED) is 0.152. The number of carbonyl (C=O) groups excluding carboxylic acids is 4. The molecule has 4 aliphatic rings. The van der Waals surface area contributed by atoms with Gasteiger partial charge in [0.05, 0.1) is 34.5 Å². The first kappa shape index (κ1) is 32.9. The number of phenolic OH excluding ortho intramolecular Hbond substituents is 1. The van der Waals surface area contributed by atoms with Crippen molar-refractivity contribution in [1.29, 1.82) is 0 Å². The zero-order valence-corrected chi connectivity index (χ0v) is 28.9. The van der Waals surface area contributed by atoms with E-state index in [0.717, 1.165) is 21.9 Å². The third kappa shape index (κ3) is 4.71. The van der Waals surface area contributed by atoms with E-state index in [2.05, 4.69) is 15.9 Å². The second-order valence-corrected chi connectivity index (χ2v) is 14.7. The van der Waals surface area contributed by atoms with Crippen LogP contribution in [0, 0.1) is 23.7 Å². The fourth-order valence-corrected chi connectivity index (χ4v) is 9.50. The van der Waals surface area contributed by atoms with Crippen molar-refractivity contribution in [2.45, 2.75) is 24.2 Å². The highest BCUT2D eigenvalue weighted by atomic mass is 79.9. The number of allylic oxidation sites excluding steroid dienone is 2. The number of carboxylic acid groups (broad SMARTS) is 1. The number of phenols is 2. The SMILES string of the molecule is O=C(O)c1ccc(N2C(=O)C3CC=C4C(CC5C(=O)N(c6cccc(Cl)c6)C(=O)C5(c5ccccc5)C4c4cc(Br)ccc4O)C3C2=O)cc1O. The fourth-order valence-electron chi connectivity index (χ4n) is 8.94. The predicted molar refractivity (Wildman–Crippen MR) is 189 cm³/mol. The Labute approximate surface area is 304 Å². The minimum absolute atomic E-state index is 0.0262. The molecule has 10 nitrogen and oxygen atoms in total. The number of aromatic hydroxyl groups is 2. The van der Waals surface area contributed by atoms with Gasteiger partial charge in [-0.2, -0.15) is 0 Å². The maximum absolute atomic E-state index is 15.3. The van der Waals surface area contributed by atoms with Crippen molar-refractivity contribution in [3.63, 3.8) is 0 Å². The number of benzene rings is 4. The Bertz CT molecular complexity index is 2240. The zero-order chi connectivity index (χ0) is 35.9. The number of aromatic carboxylic acids is 1. The van der Waals surface area contributed by atoms with Crippen molar-refractivity contribution < 1.29 is 39.3 Å². The van der Waals surface area contributed by atoms with Gasteiger partial charge in [0.2, 0.25) is 23.6 Å². The summed E-state index contributed by atoms with van der Waals surface area (Å²) in [6.45, 7) is 0. The molecule has 8 rings (SSSR count). The molecule has 0 spiro atoms. The zero-order valence-electron chi connectivity index (χ0n) is 26.6. The molecule has 1 saturated carbocycles. The summed E-state index contributed by atoms with van der Waals surface area (Å²) in [4.78, 5) is 72.2. The molecule has 0 aromatic heterocycles. The summed E-state index contributed by atoms with van der Waals surface area (Å²) in [7, 11) is 0. The van der Waals surface area contributed by atoms with E-state index in [1.807, 2.05) is 12.1 Å². The predicted octanol–water partition coefficient (Wildman–Crippen LogP) is 6.58. The highest BCUT2D eigenvalue weighted by Gasteiger charge is 2.70. The van der Waals surface area contributed by atoms with Crippen molar-refractivity contribution >= 4 is 68.5 Å². The first-order valence-corrected chi connectivity index (χ1v) is 17.4. The largest absolute Gasteiger partial charge is 0.508 e. The molecule has 2 heterocycles. The lowest BCUT2D eigenvalue weighted by atomic mass is 9.49. The summed E-state index contributed by atoms with van der Waals surface area (Å²) >= 11 is 9.89. The number of hydrogen-bond acceptors (Lipinski definition) is 7. The Hall–Kier alpha value is -5.26. The van der Waals surface area contributed by atoms with Crippen LogP contribution in [0.3, 0.4) is 0 Å². The summed E-state index contributed by atoms with van der Waals surface area (Å²) in [6, 6.07) is 23.9. The molecule has 12 heteroatoms. The van der Waals surface area contributed by atoms with Gasteiger partial charge in [-0.3, -0.25) is 19.2 Å². The summed E-state index contributed by atoms with van der Waals surface area (Å²) in [5.41, 5.74) is -0.0223. The molecule has 4 aromatic rings. The standard InChI is InChI=1S/C39H28BrClN2O8/c40-20-9-14-30(44)28(15-20)33-24-12-13-26-32(36(48)42(34(26)46)23-10-11-25(37(49)50)31(45)17-23)27(24)18-29-35(47)43(22-8-4-7-21(41)16-22)38(51)39(29,33)19-5-2-1-3-6-19/h1-12,14-17,26-27,29,32-33,44-45H,13,18H2,(H,49,50). The van der Waals surface area contributed by atoms with Gasteiger partial charge in [0.25, 0.3) is 0 Å². The summed E-state index contributed by atoms with van der Waals surface area (Å²) in [5, 5.41) is 31.7. The van der Waals surface area contributed by atoms with Gasteiger partial charge in [-0.25, -0.2) is 14.6 Å². The molecular weight excluding hydrogens is 740 g/mol. The van der Waals surface area contributed by atoms with Gasteiger partial charge in [0.1, 0.15) is 17.1 Å². The number of imide groups is 2. The molecule has 3 N–H and O–H groups in total. The van der Waals surface area contributed by atoms with Crippen molar-refractivity contribution in [2.24, 2.45) is 23.7 Å². The van der Waals surface area contributed by atoms with Crippen LogP contribution < -0.4 is 9.80 Å². The van der Waals surface area contributed by atoms with Crippen molar-refractivity contribution in [1.82, 2.24) is 0 Å². The van der Waals surface area contributed by atoms with Gasteiger partial charge < -0.3 is 15.3 Å². The van der Waals surface area contributed by atoms with Crippen molar-refractivity contribution in [3.8, 4) is 11.5 Å². The molecule has 2 aliphatic carbocycles. The third-order valence-corrected chi connectivity index (χ3v) is 11.7. The van der Waals surface area contributed by atoms with Gasteiger partial charge >= 0.3 is 5.97 Å². The monoisotopic (exact) mass is 766 g/mol. The van der Waals surface area contributed by atoms with Crippen LogP contribution in [0.4, 0.5) is 11.4 Å². The number of amides is 4. The van der Waals surface area contributed by atoms with Gasteiger partial charge in [-0.15, -0.1) is 0 Å². The number of hydrogen-bond donors (Lipinski definition) is 3. The van der Waals surface area contributed by atoms with E-state index in [9.17, 15) is 34.5 Å². The van der Waals surface area contributed by atoms with Gasteiger partial charge in [-0.1, -0.05) is 75.6 Å². The van der Waals surface area contributed by atoms with Crippen LogP contribution in [0.1, 0.15) is 40.2 Å². The highest BCUT2D eigenvalue weighted by Crippen LogP contribution is 2.65. The lowest BCUT2D eigenvalue weighted by Crippen LogP contribution is -2.53. The summed E-state index contributed by atoms with van der Waals surface area (Å²) in [6.07, 6.45) is 2.06. The molecule has 2 aliphatic heterocycles. The molecule has 0 radical (unpaired) electrons. The topological polar surface area (TPSA) is 153 Å². The normalized spacial score (nSPS) is 26.9. The van der Waals surface area contributed by atoms with Crippen LogP contribution >= 0.6 is 27.5 Å². The van der Waals surface area contributed by atoms with Crippen LogP contribution in [0.25, 0.3) is 0 Å². The number of carboxylic acids is 1. The van der Waals surface area contributed by atoms with Crippen LogP contribution in [0.5, 0.6) is 11.5 Å². The molecule has 51 heavy (non-hydrogen) atoms. The smallest absolute Gasteiger partial charge is 0.339 e. The minimum atomic E-state index is -1.56. The second kappa shape index (κ2) is 11.9. The first-order valence-electron chi connectivity index (χ1n) is 16.3. The number of rotatable bonds is 5. The number of halogens is 2. The van der Waals surface area contributed by atoms with Crippen molar-refractivity contribution in [3.05, 3.63) is 129 Å². The van der Waals surface area contributed by atoms with E-state index < -0.39 is 70.4 Å². The van der Waals surface area contributed by atoms with Crippen LogP contribution in [-0.2, 0) is 24.6 Å². The number of fused-ring (bicyclic) bond motifs is 4. The Morgan fingerprint density at radius 3 is 2.24 bits per heavy atom. The van der Waals surface area contributed by atoms with Crippen LogP contribution in [0.15, 0.2) is 107 Å². The average molecular weight is 768 g/mol. The Morgan fingerprint density at radius 2 is 1.53 bits per heavy atom. The molecule has 0 bridgehead atoms. The highest BCUT2D eigenvalue weighted by molar-refractivity contribution is 9.10. The summed E-state index contributed by atoms with van der Waals surface area (Å²) < 4.78 is 0.623. The number of carbonyl (C=O) groups is 5. The fraction of sp³-hybridized carbons (Fsp3) is 0.205. The Kier molecular flexibility index (Phi) is 7.69. The molecule has 6 unspecified atom stereocenters. The lowest BCUT2D eigenvalue weighted by Gasteiger charge is -2.50. The molecular formula is C39H28BrClN2O8. The number of nitrogens with zero attached hydrogens (tertiary/aromatic N) is 2. The molecule has 256 valence electrons. The molecule has 3 fully saturated rings. The van der Waals surface area contributed by atoms with E-state index >= 15 is 4.79 Å². The van der Waals surface area contributed by atoms with Gasteiger partial charge in [0.15, 0.2) is 0 Å². The molecule has 4 aromatic carbocycles. The van der Waals surface area contributed by atoms with Gasteiger partial charge in [-0.05, 0) is 72.9 Å². The lowest BCUT2D eigenvalue weighted by molar-refractivity contribution is -0.127. The van der Waals surface area contributed by atoms with E-state index in [1.165, 1.54) is 12.1 Å². The summed E-state index contributed by atoms with van der Waals surface area (Å²) in [5.74, 6) is -8.53. The third-order valence-electron chi connectivity index (χ3n) is 10.9. The second-order valence-electron chi connectivity index (χ2n) is 13.3. The van der Waals surface area contributed by atoms with Crippen molar-refractivity contribution in [2.75, 3.05) is 9.80 Å². The molecule has 4 amide bonds. The molecule has 6 atom stereocenters. The van der Waals surface area contributed by atoms with E-state index in [1.54, 1.807) is 60.7 Å². The Morgan fingerprint density at radius 1 is 0.784 bits per heavy atom. The van der Waals surface area contributed by atoms with E-state index in [4.69, 9.17) is 11.6 Å². The maximum Gasteiger partial charge on any atom is 0.339 e. The molecule has 2 saturated heterocycles. The average Bonchev–Trinajstić information content (AvgIpc) is 3.50. The van der Waals surface area contributed by atoms with E-state index in [-0.39, 0.29) is 35.5 Å². The minimum Gasteiger partial charge on any atom is -0.508 e. The van der Waals surface area contributed by atoms with E-state index in [0.29, 0.717) is 26.2 Å². The van der Waals surface area contributed by atoms with Crippen LogP contribution in [-0.4, -0.2) is 44.9 Å². The Balaban J connectivity index is 1.34. The van der Waals surface area contributed by atoms with Crippen LogP contribution in [0.2, 0.25) is 5.02 Å². The number of anilines is 2. The maximum atomic E-state index is 15.3. The first-order chi connectivity index (χ1) is 24.4. The van der Waals surface area contributed by atoms with Gasteiger partial charge in [0, 0.05) is 27.0 Å².